The van der Waals surface area contributed by atoms with Gasteiger partial charge in [0.15, 0.2) is 0 Å². The first kappa shape index (κ1) is 11.4. The second-order valence-electron chi connectivity index (χ2n) is 2.46. The Kier molecular flexibility index (Phi) is 3.48. The van der Waals surface area contributed by atoms with Crippen LogP contribution in [0.4, 0.5) is 5.69 Å². The first-order chi connectivity index (χ1) is 6.49. The van der Waals surface area contributed by atoms with Crippen LogP contribution in [-0.2, 0) is 0 Å². The van der Waals surface area contributed by atoms with Crippen molar-refractivity contribution < 1.29 is 9.90 Å². The van der Waals surface area contributed by atoms with Gasteiger partial charge < -0.3 is 10.4 Å². The van der Waals surface area contributed by atoms with Crippen LogP contribution in [0.2, 0.25) is 15.1 Å². The summed E-state index contributed by atoms with van der Waals surface area (Å²) in [6, 6.07) is 1.47. The van der Waals surface area contributed by atoms with Gasteiger partial charge in [0, 0.05) is 7.05 Å². The Labute approximate surface area is 95.6 Å². The summed E-state index contributed by atoms with van der Waals surface area (Å²) in [5, 5.41) is 11.7. The molecule has 76 valence electrons. The molecule has 14 heavy (non-hydrogen) atoms. The molecule has 0 aliphatic rings. The second-order valence-corrected chi connectivity index (χ2v) is 3.63. The minimum absolute atomic E-state index is 0.0504. The molecule has 3 nitrogen and oxygen atoms in total. The fourth-order valence-electron chi connectivity index (χ4n) is 0.974. The van der Waals surface area contributed by atoms with Crippen molar-refractivity contribution in [3.63, 3.8) is 0 Å². The molecular formula is C8H6Cl3NO2. The number of nitrogens with one attached hydrogen (secondary N) is 1. The standard InChI is InChI=1S/C8H6Cl3NO2/c1-12-4-2-3(9)6(10)5(7(4)11)8(13)14/h2,12H,1H3,(H,13,14). The van der Waals surface area contributed by atoms with Crippen LogP contribution in [0.3, 0.4) is 0 Å². The molecule has 0 unspecified atom stereocenters. The average Bonchev–Trinajstić information content (AvgIpc) is 2.11. The maximum Gasteiger partial charge on any atom is 0.338 e. The van der Waals surface area contributed by atoms with Crippen molar-refractivity contribution in [2.24, 2.45) is 0 Å². The van der Waals surface area contributed by atoms with Crippen molar-refractivity contribution in [2.45, 2.75) is 0 Å². The Morgan fingerprint density at radius 3 is 2.36 bits per heavy atom. The van der Waals surface area contributed by atoms with E-state index >= 15 is 0 Å². The summed E-state index contributed by atoms with van der Waals surface area (Å²) in [4.78, 5) is 10.8. The molecule has 0 aliphatic carbocycles. The zero-order valence-corrected chi connectivity index (χ0v) is 9.33. The predicted octanol–water partition coefficient (Wildman–Crippen LogP) is 3.39. The van der Waals surface area contributed by atoms with Gasteiger partial charge in [-0.25, -0.2) is 4.79 Å². The van der Waals surface area contributed by atoms with Gasteiger partial charge >= 0.3 is 5.97 Å². The third-order valence-electron chi connectivity index (χ3n) is 1.64. The van der Waals surface area contributed by atoms with Crippen molar-refractivity contribution in [3.05, 3.63) is 26.7 Å². The molecule has 1 aromatic carbocycles. The van der Waals surface area contributed by atoms with Crippen LogP contribution < -0.4 is 5.32 Å². The highest BCUT2D eigenvalue weighted by molar-refractivity contribution is 6.47. The molecule has 0 radical (unpaired) electrons. The number of halogens is 3. The van der Waals surface area contributed by atoms with E-state index in [2.05, 4.69) is 5.32 Å². The van der Waals surface area contributed by atoms with E-state index in [1.165, 1.54) is 6.07 Å². The fourth-order valence-corrected chi connectivity index (χ4v) is 1.78. The molecule has 0 aliphatic heterocycles. The van der Waals surface area contributed by atoms with Gasteiger partial charge in [-0.2, -0.15) is 0 Å². The molecule has 0 saturated heterocycles. The number of hydrogen-bond donors (Lipinski definition) is 2. The van der Waals surface area contributed by atoms with E-state index in [-0.39, 0.29) is 20.6 Å². The normalized spacial score (nSPS) is 10.0. The first-order valence-electron chi connectivity index (χ1n) is 3.57. The summed E-state index contributed by atoms with van der Waals surface area (Å²) in [5.74, 6) is -1.21. The minimum atomic E-state index is -1.21. The summed E-state index contributed by atoms with van der Waals surface area (Å²) in [6.45, 7) is 0. The lowest BCUT2D eigenvalue weighted by atomic mass is 10.2. The number of rotatable bonds is 2. The quantitative estimate of drug-likeness (QED) is 0.795. The Balaban J connectivity index is 3.53. The van der Waals surface area contributed by atoms with Crippen LogP contribution in [0.5, 0.6) is 0 Å². The predicted molar refractivity (Wildman–Crippen MR) is 58.0 cm³/mol. The van der Waals surface area contributed by atoms with E-state index in [1.807, 2.05) is 0 Å². The van der Waals surface area contributed by atoms with Gasteiger partial charge in [-0.3, -0.25) is 0 Å². The highest BCUT2D eigenvalue weighted by atomic mass is 35.5. The van der Waals surface area contributed by atoms with Crippen molar-refractivity contribution in [3.8, 4) is 0 Å². The third kappa shape index (κ3) is 1.90. The van der Waals surface area contributed by atoms with Gasteiger partial charge in [-0.15, -0.1) is 0 Å². The number of aromatic carboxylic acids is 1. The van der Waals surface area contributed by atoms with Gasteiger partial charge in [0.1, 0.15) is 5.56 Å². The van der Waals surface area contributed by atoms with Crippen molar-refractivity contribution >= 4 is 46.5 Å². The van der Waals surface area contributed by atoms with Crippen molar-refractivity contribution in [1.82, 2.24) is 0 Å². The molecule has 1 aromatic rings. The Morgan fingerprint density at radius 2 is 1.93 bits per heavy atom. The highest BCUT2D eigenvalue weighted by Gasteiger charge is 2.19. The maximum absolute atomic E-state index is 10.8. The lowest BCUT2D eigenvalue weighted by Gasteiger charge is -2.09. The summed E-state index contributed by atoms with van der Waals surface area (Å²) in [7, 11) is 1.61. The third-order valence-corrected chi connectivity index (χ3v) is 2.82. The maximum atomic E-state index is 10.8. The summed E-state index contributed by atoms with van der Waals surface area (Å²) < 4.78 is 0. The molecule has 1 rings (SSSR count). The molecule has 2 N–H and O–H groups in total. The molecule has 0 spiro atoms. The molecular weight excluding hydrogens is 248 g/mol. The Morgan fingerprint density at radius 1 is 1.36 bits per heavy atom. The van der Waals surface area contributed by atoms with E-state index in [1.54, 1.807) is 7.05 Å². The number of anilines is 1. The van der Waals surface area contributed by atoms with Gasteiger partial charge in [-0.1, -0.05) is 34.8 Å². The molecule has 0 bridgehead atoms. The molecule has 0 amide bonds. The van der Waals surface area contributed by atoms with Gasteiger partial charge in [0.05, 0.1) is 20.8 Å². The molecule has 0 aromatic heterocycles. The molecule has 0 heterocycles. The second kappa shape index (κ2) is 4.26. The number of hydrogen-bond acceptors (Lipinski definition) is 2. The molecule has 0 saturated carbocycles. The van der Waals surface area contributed by atoms with Crippen LogP contribution in [0.25, 0.3) is 0 Å². The van der Waals surface area contributed by atoms with Gasteiger partial charge in [-0.05, 0) is 6.07 Å². The van der Waals surface area contributed by atoms with Crippen LogP contribution in [0.1, 0.15) is 10.4 Å². The lowest BCUT2D eigenvalue weighted by molar-refractivity contribution is 0.0697. The summed E-state index contributed by atoms with van der Waals surface area (Å²) in [5.41, 5.74) is 0.239. The number of carbonyl (C=O) groups is 1. The van der Waals surface area contributed by atoms with Gasteiger partial charge in [0.2, 0.25) is 0 Å². The molecule has 0 atom stereocenters. The van der Waals surface area contributed by atoms with E-state index < -0.39 is 5.97 Å². The monoisotopic (exact) mass is 253 g/mol. The lowest BCUT2D eigenvalue weighted by Crippen LogP contribution is -2.02. The van der Waals surface area contributed by atoms with E-state index in [0.29, 0.717) is 5.69 Å². The SMILES string of the molecule is CNc1cc(Cl)c(Cl)c(C(=O)O)c1Cl. The van der Waals surface area contributed by atoms with Gasteiger partial charge in [0.25, 0.3) is 0 Å². The topological polar surface area (TPSA) is 49.3 Å². The average molecular weight is 254 g/mol. The molecule has 0 fully saturated rings. The summed E-state index contributed by atoms with van der Waals surface area (Å²) >= 11 is 17.2. The van der Waals surface area contributed by atoms with Crippen LogP contribution in [0.15, 0.2) is 6.07 Å². The zero-order valence-electron chi connectivity index (χ0n) is 7.07. The van der Waals surface area contributed by atoms with Crippen molar-refractivity contribution in [1.29, 1.82) is 0 Å². The van der Waals surface area contributed by atoms with Crippen LogP contribution >= 0.6 is 34.8 Å². The zero-order chi connectivity index (χ0) is 10.9. The number of carboxylic acids is 1. The fraction of sp³-hybridized carbons (Fsp3) is 0.125. The van der Waals surface area contributed by atoms with Crippen LogP contribution in [-0.4, -0.2) is 18.1 Å². The number of carboxylic acid groups (broad SMARTS) is 1. The van der Waals surface area contributed by atoms with E-state index in [0.717, 1.165) is 0 Å². The number of benzene rings is 1. The summed E-state index contributed by atoms with van der Waals surface area (Å²) in [6.07, 6.45) is 0. The van der Waals surface area contributed by atoms with E-state index in [9.17, 15) is 4.79 Å². The largest absolute Gasteiger partial charge is 0.478 e. The van der Waals surface area contributed by atoms with Crippen molar-refractivity contribution in [2.75, 3.05) is 12.4 Å². The Bertz CT molecular complexity index is 393. The smallest absolute Gasteiger partial charge is 0.338 e. The van der Waals surface area contributed by atoms with Crippen LogP contribution in [0, 0.1) is 0 Å². The highest BCUT2D eigenvalue weighted by Crippen LogP contribution is 2.37. The molecule has 6 heteroatoms. The first-order valence-corrected chi connectivity index (χ1v) is 4.71. The minimum Gasteiger partial charge on any atom is -0.478 e. The Hall–Kier alpha value is -0.640. The van der Waals surface area contributed by atoms with E-state index in [4.69, 9.17) is 39.9 Å².